The third-order valence-corrected chi connectivity index (χ3v) is 3.09. The molecule has 1 heterocycles. The molecule has 0 spiro atoms. The zero-order valence-corrected chi connectivity index (χ0v) is 11.2. The summed E-state index contributed by atoms with van der Waals surface area (Å²) in [7, 11) is 0. The number of anilines is 1. The van der Waals surface area contributed by atoms with Crippen molar-refractivity contribution in [1.82, 2.24) is 0 Å². The Kier molecular flexibility index (Phi) is 3.85. The van der Waals surface area contributed by atoms with Crippen LogP contribution in [0.2, 0.25) is 0 Å². The number of fused-ring (bicyclic) bond motifs is 1. The van der Waals surface area contributed by atoms with Crippen LogP contribution >= 0.6 is 0 Å². The topological polar surface area (TPSA) is 72.6 Å². The van der Waals surface area contributed by atoms with Gasteiger partial charge < -0.3 is 15.4 Å². The summed E-state index contributed by atoms with van der Waals surface area (Å²) < 4.78 is 5.68. The van der Waals surface area contributed by atoms with Gasteiger partial charge in [0.1, 0.15) is 11.9 Å². The first kappa shape index (κ1) is 13.5. The molecule has 0 bridgehead atoms. The van der Waals surface area contributed by atoms with Crippen LogP contribution in [0.4, 0.5) is 5.69 Å². The van der Waals surface area contributed by atoms with Crippen molar-refractivity contribution in [3.63, 3.8) is 0 Å². The normalized spacial score (nSPS) is 17.6. The van der Waals surface area contributed by atoms with Crippen molar-refractivity contribution in [1.29, 1.82) is 0 Å². The SMILES string of the molecule is CC(=O)N1CC(C)Oc2ccc(C(=O)CCN)cc21. The second-order valence-electron chi connectivity index (χ2n) is 4.70. The van der Waals surface area contributed by atoms with E-state index in [0.717, 1.165) is 0 Å². The van der Waals surface area contributed by atoms with Crippen LogP contribution in [-0.4, -0.2) is 30.9 Å². The summed E-state index contributed by atoms with van der Waals surface area (Å²) >= 11 is 0. The molecule has 1 aromatic rings. The van der Waals surface area contributed by atoms with E-state index in [-0.39, 0.29) is 17.8 Å². The second kappa shape index (κ2) is 5.40. The zero-order valence-electron chi connectivity index (χ0n) is 11.2. The van der Waals surface area contributed by atoms with E-state index < -0.39 is 0 Å². The molecule has 1 aliphatic heterocycles. The fraction of sp³-hybridized carbons (Fsp3) is 0.429. The highest BCUT2D eigenvalue weighted by Gasteiger charge is 2.26. The van der Waals surface area contributed by atoms with Crippen LogP contribution in [0.5, 0.6) is 5.75 Å². The number of ether oxygens (including phenoxy) is 1. The smallest absolute Gasteiger partial charge is 0.224 e. The number of nitrogens with zero attached hydrogens (tertiary/aromatic N) is 1. The number of hydrogen-bond acceptors (Lipinski definition) is 4. The quantitative estimate of drug-likeness (QED) is 0.835. The lowest BCUT2D eigenvalue weighted by Crippen LogP contribution is -2.41. The van der Waals surface area contributed by atoms with E-state index >= 15 is 0 Å². The second-order valence-corrected chi connectivity index (χ2v) is 4.70. The maximum absolute atomic E-state index is 11.8. The van der Waals surface area contributed by atoms with Gasteiger partial charge in [-0.3, -0.25) is 9.59 Å². The monoisotopic (exact) mass is 262 g/mol. The van der Waals surface area contributed by atoms with E-state index in [2.05, 4.69) is 0 Å². The Morgan fingerprint density at radius 3 is 2.84 bits per heavy atom. The fourth-order valence-electron chi connectivity index (χ4n) is 2.18. The van der Waals surface area contributed by atoms with E-state index in [9.17, 15) is 9.59 Å². The van der Waals surface area contributed by atoms with Gasteiger partial charge >= 0.3 is 0 Å². The minimum absolute atomic E-state index is 0.0209. The summed E-state index contributed by atoms with van der Waals surface area (Å²) in [6, 6.07) is 5.17. The van der Waals surface area contributed by atoms with Crippen LogP contribution in [0.15, 0.2) is 18.2 Å². The first-order valence-corrected chi connectivity index (χ1v) is 6.35. The Labute approximate surface area is 112 Å². The van der Waals surface area contributed by atoms with Gasteiger partial charge in [0.2, 0.25) is 5.91 Å². The molecule has 2 N–H and O–H groups in total. The third kappa shape index (κ3) is 2.76. The number of amides is 1. The molecule has 19 heavy (non-hydrogen) atoms. The standard InChI is InChI=1S/C14H18N2O3/c1-9-8-16(10(2)17)12-7-11(13(18)5-6-15)3-4-14(12)19-9/h3-4,7,9H,5-6,8,15H2,1-2H3. The summed E-state index contributed by atoms with van der Waals surface area (Å²) in [5.74, 6) is 0.561. The number of Topliss-reactive ketones (excluding diaryl/α,β-unsaturated/α-hetero) is 1. The van der Waals surface area contributed by atoms with Gasteiger partial charge in [-0.15, -0.1) is 0 Å². The first-order chi connectivity index (χ1) is 9.02. The summed E-state index contributed by atoms with van der Waals surface area (Å²) in [6.45, 7) is 4.24. The lowest BCUT2D eigenvalue weighted by atomic mass is 10.1. The van der Waals surface area contributed by atoms with Gasteiger partial charge in [-0.2, -0.15) is 0 Å². The van der Waals surface area contributed by atoms with Crippen LogP contribution in [0.3, 0.4) is 0 Å². The van der Waals surface area contributed by atoms with Crippen molar-refractivity contribution >= 4 is 17.4 Å². The molecule has 0 fully saturated rings. The lowest BCUT2D eigenvalue weighted by molar-refractivity contribution is -0.117. The lowest BCUT2D eigenvalue weighted by Gasteiger charge is -2.33. The van der Waals surface area contributed by atoms with Crippen molar-refractivity contribution < 1.29 is 14.3 Å². The molecule has 0 aliphatic carbocycles. The molecule has 102 valence electrons. The predicted molar refractivity (Wildman–Crippen MR) is 72.6 cm³/mol. The van der Waals surface area contributed by atoms with Crippen molar-refractivity contribution in [3.8, 4) is 5.75 Å². The average Bonchev–Trinajstić information content (AvgIpc) is 2.37. The first-order valence-electron chi connectivity index (χ1n) is 6.35. The van der Waals surface area contributed by atoms with E-state index in [0.29, 0.717) is 36.5 Å². The third-order valence-electron chi connectivity index (χ3n) is 3.09. The molecule has 0 saturated carbocycles. The Morgan fingerprint density at radius 1 is 1.47 bits per heavy atom. The van der Waals surface area contributed by atoms with Crippen LogP contribution in [0.1, 0.15) is 30.6 Å². The molecule has 0 radical (unpaired) electrons. The molecule has 2 rings (SSSR count). The summed E-state index contributed by atoms with van der Waals surface area (Å²) in [6.07, 6.45) is 0.248. The molecule has 1 unspecified atom stereocenters. The molecular weight excluding hydrogens is 244 g/mol. The van der Waals surface area contributed by atoms with E-state index in [1.807, 2.05) is 6.92 Å². The number of benzene rings is 1. The van der Waals surface area contributed by atoms with Crippen molar-refractivity contribution in [3.05, 3.63) is 23.8 Å². The van der Waals surface area contributed by atoms with Gasteiger partial charge in [-0.25, -0.2) is 0 Å². The van der Waals surface area contributed by atoms with E-state index in [1.165, 1.54) is 6.92 Å². The van der Waals surface area contributed by atoms with Gasteiger partial charge in [-0.05, 0) is 31.7 Å². The maximum Gasteiger partial charge on any atom is 0.224 e. The Balaban J connectivity index is 2.39. The maximum atomic E-state index is 11.8. The number of carbonyl (C=O) groups excluding carboxylic acids is 2. The van der Waals surface area contributed by atoms with Gasteiger partial charge in [0, 0.05) is 18.9 Å². The molecule has 1 amide bonds. The van der Waals surface area contributed by atoms with Crippen molar-refractivity contribution in [2.75, 3.05) is 18.0 Å². The van der Waals surface area contributed by atoms with Crippen LogP contribution in [-0.2, 0) is 4.79 Å². The van der Waals surface area contributed by atoms with E-state index in [4.69, 9.17) is 10.5 Å². The number of ketones is 1. The highest BCUT2D eigenvalue weighted by Crippen LogP contribution is 2.34. The number of hydrogen-bond donors (Lipinski definition) is 1. The van der Waals surface area contributed by atoms with Crippen molar-refractivity contribution in [2.45, 2.75) is 26.4 Å². The number of carbonyl (C=O) groups is 2. The van der Waals surface area contributed by atoms with Crippen LogP contribution in [0.25, 0.3) is 0 Å². The Morgan fingerprint density at radius 2 is 2.21 bits per heavy atom. The summed E-state index contributed by atoms with van der Waals surface area (Å²) in [5, 5.41) is 0. The Bertz CT molecular complexity index is 513. The van der Waals surface area contributed by atoms with Crippen LogP contribution < -0.4 is 15.4 Å². The van der Waals surface area contributed by atoms with Gasteiger partial charge in [0.15, 0.2) is 5.78 Å². The zero-order chi connectivity index (χ0) is 14.0. The molecule has 1 atom stereocenters. The minimum atomic E-state index is -0.0557. The number of nitrogens with two attached hydrogens (primary N) is 1. The fourth-order valence-corrected chi connectivity index (χ4v) is 2.18. The average molecular weight is 262 g/mol. The predicted octanol–water partition coefficient (Wildman–Crippen LogP) is 1.35. The molecule has 1 aromatic carbocycles. The van der Waals surface area contributed by atoms with Crippen molar-refractivity contribution in [2.24, 2.45) is 5.73 Å². The number of rotatable bonds is 3. The Hall–Kier alpha value is -1.88. The molecule has 0 aromatic heterocycles. The highest BCUT2D eigenvalue weighted by molar-refractivity contribution is 6.00. The summed E-state index contributed by atoms with van der Waals surface area (Å²) in [4.78, 5) is 25.2. The minimum Gasteiger partial charge on any atom is -0.487 e. The van der Waals surface area contributed by atoms with Crippen LogP contribution in [0, 0.1) is 0 Å². The van der Waals surface area contributed by atoms with Gasteiger partial charge in [0.25, 0.3) is 0 Å². The van der Waals surface area contributed by atoms with Gasteiger partial charge in [0.05, 0.1) is 12.2 Å². The molecule has 1 aliphatic rings. The molecular formula is C14H18N2O3. The molecule has 5 heteroatoms. The molecule has 5 nitrogen and oxygen atoms in total. The largest absolute Gasteiger partial charge is 0.487 e. The summed E-state index contributed by atoms with van der Waals surface area (Å²) in [5.41, 5.74) is 6.61. The highest BCUT2D eigenvalue weighted by atomic mass is 16.5. The van der Waals surface area contributed by atoms with Gasteiger partial charge in [-0.1, -0.05) is 0 Å². The van der Waals surface area contributed by atoms with E-state index in [1.54, 1.807) is 23.1 Å². The molecule has 0 saturated heterocycles.